The summed E-state index contributed by atoms with van der Waals surface area (Å²) in [5.74, 6) is 0.172. The van der Waals surface area contributed by atoms with Gasteiger partial charge in [-0.1, -0.05) is 20.3 Å². The second kappa shape index (κ2) is 7.47. The molecule has 0 spiro atoms. The van der Waals surface area contributed by atoms with Gasteiger partial charge in [0.15, 0.2) is 0 Å². The molecule has 0 aliphatic rings. The van der Waals surface area contributed by atoms with Gasteiger partial charge in [0.2, 0.25) is 5.91 Å². The van der Waals surface area contributed by atoms with Gasteiger partial charge in [-0.25, -0.2) is 0 Å². The van der Waals surface area contributed by atoms with E-state index in [4.69, 9.17) is 0 Å². The average Bonchev–Trinajstić information content (AvgIpc) is 1.98. The van der Waals surface area contributed by atoms with Crippen LogP contribution in [-0.4, -0.2) is 23.9 Å². The molecule has 0 aliphatic carbocycles. The predicted molar refractivity (Wildman–Crippen MR) is 57.8 cm³/mol. The highest BCUT2D eigenvalue weighted by Gasteiger charge is 2.12. The summed E-state index contributed by atoms with van der Waals surface area (Å²) in [6, 6.07) is 0.442. The molecule has 3 heteroatoms. The summed E-state index contributed by atoms with van der Waals surface area (Å²) < 4.78 is 0. The third kappa shape index (κ3) is 4.65. The summed E-state index contributed by atoms with van der Waals surface area (Å²) in [7, 11) is 1.88. The van der Waals surface area contributed by atoms with Crippen molar-refractivity contribution in [2.75, 3.05) is 7.05 Å². The molecule has 0 saturated heterocycles. The summed E-state index contributed by atoms with van der Waals surface area (Å²) in [4.78, 5) is 12.8. The standard InChI is InChI=1S/C9H19NO.H2S/c1-5-7-9(6-2)10(4)8(3)11;/h9H,5-7H2,1-4H3;1H2. The Kier molecular flexibility index (Phi) is 8.93. The second-order valence-corrected chi connectivity index (χ2v) is 2.98. The molecule has 0 fully saturated rings. The van der Waals surface area contributed by atoms with Crippen molar-refractivity contribution in [3.63, 3.8) is 0 Å². The fourth-order valence-corrected chi connectivity index (χ4v) is 1.26. The van der Waals surface area contributed by atoms with Crippen LogP contribution in [0.4, 0.5) is 0 Å². The smallest absolute Gasteiger partial charge is 0.219 e. The van der Waals surface area contributed by atoms with Crippen LogP contribution in [0.25, 0.3) is 0 Å². The van der Waals surface area contributed by atoms with Gasteiger partial charge in [0, 0.05) is 20.0 Å². The van der Waals surface area contributed by atoms with Crippen LogP contribution in [-0.2, 0) is 4.79 Å². The molecule has 74 valence electrons. The summed E-state index contributed by atoms with van der Waals surface area (Å²) in [5, 5.41) is 0. The Morgan fingerprint density at radius 3 is 2.17 bits per heavy atom. The van der Waals surface area contributed by atoms with Crippen LogP contribution in [0.3, 0.4) is 0 Å². The van der Waals surface area contributed by atoms with Gasteiger partial charge >= 0.3 is 0 Å². The van der Waals surface area contributed by atoms with E-state index in [1.807, 2.05) is 11.9 Å². The van der Waals surface area contributed by atoms with E-state index in [1.54, 1.807) is 6.92 Å². The predicted octanol–water partition coefficient (Wildman–Crippen LogP) is 2.16. The highest BCUT2D eigenvalue weighted by atomic mass is 32.1. The zero-order valence-corrected chi connectivity index (χ0v) is 9.55. The zero-order chi connectivity index (χ0) is 8.85. The Bertz CT molecular complexity index is 128. The Morgan fingerprint density at radius 1 is 1.42 bits per heavy atom. The average molecular weight is 191 g/mol. The van der Waals surface area contributed by atoms with Gasteiger partial charge in [-0.15, -0.1) is 0 Å². The molecule has 1 atom stereocenters. The maximum absolute atomic E-state index is 10.9. The molecule has 0 heterocycles. The van der Waals surface area contributed by atoms with Crippen molar-refractivity contribution in [2.45, 2.75) is 46.1 Å². The number of hydrogen-bond acceptors (Lipinski definition) is 1. The van der Waals surface area contributed by atoms with Gasteiger partial charge in [-0.05, 0) is 12.8 Å². The fourth-order valence-electron chi connectivity index (χ4n) is 1.26. The molecule has 0 aromatic rings. The van der Waals surface area contributed by atoms with Crippen LogP contribution in [0.2, 0.25) is 0 Å². The van der Waals surface area contributed by atoms with Gasteiger partial charge in [-0.3, -0.25) is 4.79 Å². The first-order chi connectivity index (χ1) is 5.13. The van der Waals surface area contributed by atoms with Crippen LogP contribution in [0.5, 0.6) is 0 Å². The second-order valence-electron chi connectivity index (χ2n) is 2.98. The van der Waals surface area contributed by atoms with Crippen LogP contribution in [0, 0.1) is 0 Å². The molecule has 0 aromatic carbocycles. The van der Waals surface area contributed by atoms with E-state index in [0.29, 0.717) is 6.04 Å². The molecule has 12 heavy (non-hydrogen) atoms. The van der Waals surface area contributed by atoms with E-state index in [-0.39, 0.29) is 19.4 Å². The highest BCUT2D eigenvalue weighted by molar-refractivity contribution is 7.59. The first-order valence-electron chi connectivity index (χ1n) is 4.36. The van der Waals surface area contributed by atoms with Gasteiger partial charge in [0.1, 0.15) is 0 Å². The maximum Gasteiger partial charge on any atom is 0.219 e. The van der Waals surface area contributed by atoms with E-state index in [9.17, 15) is 4.79 Å². The van der Waals surface area contributed by atoms with Crippen molar-refractivity contribution in [3.05, 3.63) is 0 Å². The molecule has 0 aliphatic heterocycles. The normalized spacial score (nSPS) is 11.7. The Hall–Kier alpha value is -0.180. The molecule has 0 bridgehead atoms. The minimum atomic E-state index is 0. The van der Waals surface area contributed by atoms with Gasteiger partial charge < -0.3 is 4.90 Å². The third-order valence-electron chi connectivity index (χ3n) is 2.14. The minimum Gasteiger partial charge on any atom is -0.343 e. The zero-order valence-electron chi connectivity index (χ0n) is 8.55. The van der Waals surface area contributed by atoms with E-state index in [0.717, 1.165) is 19.3 Å². The Balaban J connectivity index is 0. The fraction of sp³-hybridized carbons (Fsp3) is 0.889. The maximum atomic E-state index is 10.9. The first-order valence-corrected chi connectivity index (χ1v) is 4.36. The minimum absolute atomic E-state index is 0. The molecule has 1 amide bonds. The Labute approximate surface area is 82.8 Å². The lowest BCUT2D eigenvalue weighted by Gasteiger charge is -2.25. The lowest BCUT2D eigenvalue weighted by atomic mass is 10.1. The number of hydrogen-bond donors (Lipinski definition) is 0. The molecule has 0 saturated carbocycles. The van der Waals surface area contributed by atoms with Crippen LogP contribution in [0.1, 0.15) is 40.0 Å². The number of amides is 1. The quantitative estimate of drug-likeness (QED) is 0.667. The van der Waals surface area contributed by atoms with Crippen molar-refractivity contribution in [1.29, 1.82) is 0 Å². The van der Waals surface area contributed by atoms with E-state index < -0.39 is 0 Å². The third-order valence-corrected chi connectivity index (χ3v) is 2.14. The largest absolute Gasteiger partial charge is 0.343 e. The molecule has 1 unspecified atom stereocenters. The molecular formula is C9H21NOS. The van der Waals surface area contributed by atoms with Gasteiger partial charge in [0.05, 0.1) is 0 Å². The van der Waals surface area contributed by atoms with E-state index in [2.05, 4.69) is 13.8 Å². The lowest BCUT2D eigenvalue weighted by molar-refractivity contribution is -0.129. The molecule has 0 N–H and O–H groups in total. The van der Waals surface area contributed by atoms with Crippen LogP contribution >= 0.6 is 13.5 Å². The summed E-state index contributed by atoms with van der Waals surface area (Å²) in [6.07, 6.45) is 3.33. The summed E-state index contributed by atoms with van der Waals surface area (Å²) in [6.45, 7) is 5.90. The monoisotopic (exact) mass is 191 g/mol. The van der Waals surface area contributed by atoms with Crippen molar-refractivity contribution in [2.24, 2.45) is 0 Å². The van der Waals surface area contributed by atoms with Crippen LogP contribution in [0.15, 0.2) is 0 Å². The number of rotatable bonds is 4. The van der Waals surface area contributed by atoms with Crippen molar-refractivity contribution < 1.29 is 4.79 Å². The van der Waals surface area contributed by atoms with E-state index >= 15 is 0 Å². The van der Waals surface area contributed by atoms with Gasteiger partial charge in [-0.2, -0.15) is 13.5 Å². The molecule has 0 rings (SSSR count). The van der Waals surface area contributed by atoms with Gasteiger partial charge in [0.25, 0.3) is 0 Å². The molecule has 2 nitrogen and oxygen atoms in total. The molecular weight excluding hydrogens is 170 g/mol. The van der Waals surface area contributed by atoms with Crippen molar-refractivity contribution >= 4 is 19.4 Å². The summed E-state index contributed by atoms with van der Waals surface area (Å²) in [5.41, 5.74) is 0. The van der Waals surface area contributed by atoms with Crippen molar-refractivity contribution in [1.82, 2.24) is 4.90 Å². The summed E-state index contributed by atoms with van der Waals surface area (Å²) >= 11 is 0. The number of carbonyl (C=O) groups excluding carboxylic acids is 1. The number of carbonyl (C=O) groups is 1. The molecule has 0 radical (unpaired) electrons. The first kappa shape index (κ1) is 14.3. The topological polar surface area (TPSA) is 20.3 Å². The van der Waals surface area contributed by atoms with Crippen molar-refractivity contribution in [3.8, 4) is 0 Å². The highest BCUT2D eigenvalue weighted by Crippen LogP contribution is 2.08. The van der Waals surface area contributed by atoms with Crippen LogP contribution < -0.4 is 0 Å². The molecule has 0 aromatic heterocycles. The Morgan fingerprint density at radius 2 is 1.92 bits per heavy atom. The lowest BCUT2D eigenvalue weighted by Crippen LogP contribution is -2.34. The number of nitrogens with zero attached hydrogens (tertiary/aromatic N) is 1. The van der Waals surface area contributed by atoms with E-state index in [1.165, 1.54) is 0 Å². The SMILES string of the molecule is CCCC(CC)N(C)C(C)=O.S.